The fourth-order valence-corrected chi connectivity index (χ4v) is 2.32. The van der Waals surface area contributed by atoms with E-state index in [0.29, 0.717) is 26.3 Å². The molecule has 1 amide bonds. The lowest BCUT2D eigenvalue weighted by molar-refractivity contribution is -0.0210. The molecule has 2 aliphatic heterocycles. The molecule has 0 aromatic carbocycles. The quantitative estimate of drug-likeness (QED) is 0.607. The fraction of sp³-hybridized carbons (Fsp3) is 0.769. The summed E-state index contributed by atoms with van der Waals surface area (Å²) in [5.74, 6) is 0.546. The van der Waals surface area contributed by atoms with Gasteiger partial charge in [0.2, 0.25) is 0 Å². The maximum Gasteiger partial charge on any atom is 0.410 e. The second-order valence-electron chi connectivity index (χ2n) is 5.89. The van der Waals surface area contributed by atoms with Gasteiger partial charge < -0.3 is 14.4 Å². The molecule has 2 heterocycles. The second kappa shape index (κ2) is 4.33. The van der Waals surface area contributed by atoms with Crippen LogP contribution in [0.25, 0.3) is 0 Å². The Morgan fingerprint density at radius 1 is 1.35 bits per heavy atom. The van der Waals surface area contributed by atoms with Gasteiger partial charge in [0.25, 0.3) is 0 Å². The van der Waals surface area contributed by atoms with E-state index in [4.69, 9.17) is 9.47 Å². The minimum atomic E-state index is -0.433. The molecule has 2 saturated heterocycles. The Morgan fingerprint density at radius 2 is 1.88 bits per heavy atom. The van der Waals surface area contributed by atoms with Crippen LogP contribution < -0.4 is 0 Å². The molecule has 0 aromatic heterocycles. The first kappa shape index (κ1) is 12.4. The standard InChI is InChI=1S/C13H21NO3/c1-9-10-5-14(6-11(9)8-16-7-10)12(15)17-13(2,3)4/h10-11H,1,5-8H2,2-4H3. The van der Waals surface area contributed by atoms with E-state index in [1.807, 2.05) is 20.8 Å². The van der Waals surface area contributed by atoms with Gasteiger partial charge in [-0.05, 0) is 20.8 Å². The van der Waals surface area contributed by atoms with Crippen molar-refractivity contribution in [2.75, 3.05) is 26.3 Å². The van der Waals surface area contributed by atoms with Crippen molar-refractivity contribution in [1.29, 1.82) is 0 Å². The summed E-state index contributed by atoms with van der Waals surface area (Å²) in [5, 5.41) is 0. The van der Waals surface area contributed by atoms with Crippen molar-refractivity contribution in [3.05, 3.63) is 12.2 Å². The third-order valence-corrected chi connectivity index (χ3v) is 3.22. The normalized spacial score (nSPS) is 29.1. The highest BCUT2D eigenvalue weighted by molar-refractivity contribution is 5.68. The van der Waals surface area contributed by atoms with E-state index in [1.54, 1.807) is 4.90 Å². The summed E-state index contributed by atoms with van der Waals surface area (Å²) in [6, 6.07) is 0. The predicted molar refractivity (Wildman–Crippen MR) is 64.7 cm³/mol. The zero-order chi connectivity index (χ0) is 12.6. The molecule has 2 aliphatic rings. The SMILES string of the molecule is C=C1C2COCC1CN(C(=O)OC(C)(C)C)C2. The molecule has 2 atom stereocenters. The third-order valence-electron chi connectivity index (χ3n) is 3.22. The van der Waals surface area contributed by atoms with E-state index >= 15 is 0 Å². The molecule has 2 fully saturated rings. The number of piperidine rings is 1. The molecule has 17 heavy (non-hydrogen) atoms. The number of hydrogen-bond acceptors (Lipinski definition) is 3. The van der Waals surface area contributed by atoms with Crippen LogP contribution in [0, 0.1) is 11.8 Å². The molecular formula is C13H21NO3. The minimum absolute atomic E-state index is 0.220. The Kier molecular flexibility index (Phi) is 3.17. The zero-order valence-corrected chi connectivity index (χ0v) is 10.9. The van der Waals surface area contributed by atoms with E-state index in [-0.39, 0.29) is 17.9 Å². The molecule has 0 aliphatic carbocycles. The molecule has 2 rings (SSSR count). The van der Waals surface area contributed by atoms with Crippen LogP contribution in [0.3, 0.4) is 0 Å². The van der Waals surface area contributed by atoms with Gasteiger partial charge in [0, 0.05) is 24.9 Å². The molecule has 2 unspecified atom stereocenters. The van der Waals surface area contributed by atoms with Crippen LogP contribution in [-0.2, 0) is 9.47 Å². The summed E-state index contributed by atoms with van der Waals surface area (Å²) >= 11 is 0. The molecule has 2 bridgehead atoms. The molecule has 4 heteroatoms. The number of fused-ring (bicyclic) bond motifs is 2. The fourth-order valence-electron chi connectivity index (χ4n) is 2.32. The second-order valence-corrected chi connectivity index (χ2v) is 5.89. The van der Waals surface area contributed by atoms with Crippen LogP contribution in [0.2, 0.25) is 0 Å². The lowest BCUT2D eigenvalue weighted by Gasteiger charge is -2.42. The Morgan fingerprint density at radius 3 is 2.35 bits per heavy atom. The van der Waals surface area contributed by atoms with Gasteiger partial charge in [0.15, 0.2) is 0 Å². The highest BCUT2D eigenvalue weighted by Gasteiger charge is 2.37. The molecule has 0 radical (unpaired) electrons. The molecule has 0 aromatic rings. The van der Waals surface area contributed by atoms with Gasteiger partial charge in [-0.1, -0.05) is 12.2 Å². The van der Waals surface area contributed by atoms with Crippen molar-refractivity contribution in [2.45, 2.75) is 26.4 Å². The lowest BCUT2D eigenvalue weighted by Crippen LogP contribution is -2.51. The predicted octanol–water partition coefficient (Wildman–Crippen LogP) is 2.06. The summed E-state index contributed by atoms with van der Waals surface area (Å²) < 4.78 is 10.9. The van der Waals surface area contributed by atoms with Gasteiger partial charge in [-0.25, -0.2) is 4.79 Å². The van der Waals surface area contributed by atoms with Crippen LogP contribution in [0.15, 0.2) is 12.2 Å². The van der Waals surface area contributed by atoms with Gasteiger partial charge in [-0.15, -0.1) is 0 Å². The Hall–Kier alpha value is -1.03. The van der Waals surface area contributed by atoms with Crippen molar-refractivity contribution in [3.8, 4) is 0 Å². The minimum Gasteiger partial charge on any atom is -0.444 e. The summed E-state index contributed by atoms with van der Waals surface area (Å²) in [6.45, 7) is 12.5. The van der Waals surface area contributed by atoms with E-state index in [2.05, 4.69) is 6.58 Å². The van der Waals surface area contributed by atoms with E-state index in [9.17, 15) is 4.79 Å². The molecule has 4 nitrogen and oxygen atoms in total. The lowest BCUT2D eigenvalue weighted by atomic mass is 9.83. The van der Waals surface area contributed by atoms with Crippen molar-refractivity contribution in [1.82, 2.24) is 4.90 Å². The topological polar surface area (TPSA) is 38.8 Å². The van der Waals surface area contributed by atoms with Crippen LogP contribution >= 0.6 is 0 Å². The van der Waals surface area contributed by atoms with Gasteiger partial charge >= 0.3 is 6.09 Å². The Balaban J connectivity index is 2.00. The maximum atomic E-state index is 12.0. The average Bonchev–Trinajstić information content (AvgIpc) is 2.13. The first-order chi connectivity index (χ1) is 7.87. The van der Waals surface area contributed by atoms with Crippen molar-refractivity contribution in [3.63, 3.8) is 0 Å². The number of nitrogens with zero attached hydrogens (tertiary/aromatic N) is 1. The van der Waals surface area contributed by atoms with Crippen LogP contribution in [0.1, 0.15) is 20.8 Å². The summed E-state index contributed by atoms with van der Waals surface area (Å²) in [7, 11) is 0. The van der Waals surface area contributed by atoms with Crippen LogP contribution in [0.4, 0.5) is 4.79 Å². The first-order valence-electron chi connectivity index (χ1n) is 6.11. The van der Waals surface area contributed by atoms with Crippen molar-refractivity contribution >= 4 is 6.09 Å². The Labute approximate surface area is 103 Å². The first-order valence-corrected chi connectivity index (χ1v) is 6.11. The molecule has 0 N–H and O–H groups in total. The molecule has 96 valence electrons. The Bertz CT molecular complexity index is 316. The number of likely N-dealkylation sites (tertiary alicyclic amines) is 1. The largest absolute Gasteiger partial charge is 0.444 e. The number of carbonyl (C=O) groups excluding carboxylic acids is 1. The highest BCUT2D eigenvalue weighted by Crippen LogP contribution is 2.31. The van der Waals surface area contributed by atoms with Gasteiger partial charge in [0.05, 0.1) is 13.2 Å². The third kappa shape index (κ3) is 2.80. The number of rotatable bonds is 0. The smallest absolute Gasteiger partial charge is 0.410 e. The molecule has 0 spiro atoms. The van der Waals surface area contributed by atoms with E-state index in [1.165, 1.54) is 5.57 Å². The van der Waals surface area contributed by atoms with Gasteiger partial charge in [0.1, 0.15) is 5.60 Å². The number of amides is 1. The van der Waals surface area contributed by atoms with Crippen LogP contribution in [0.5, 0.6) is 0 Å². The van der Waals surface area contributed by atoms with E-state index < -0.39 is 5.60 Å². The summed E-state index contributed by atoms with van der Waals surface area (Å²) in [5.41, 5.74) is 0.799. The monoisotopic (exact) mass is 239 g/mol. The van der Waals surface area contributed by atoms with Crippen molar-refractivity contribution in [2.24, 2.45) is 11.8 Å². The zero-order valence-electron chi connectivity index (χ0n) is 10.9. The summed E-state index contributed by atoms with van der Waals surface area (Å²) in [4.78, 5) is 13.8. The molecular weight excluding hydrogens is 218 g/mol. The number of carbonyl (C=O) groups is 1. The molecule has 0 saturated carbocycles. The summed E-state index contributed by atoms with van der Waals surface area (Å²) in [6.07, 6.45) is -0.220. The highest BCUT2D eigenvalue weighted by atomic mass is 16.6. The van der Waals surface area contributed by atoms with Gasteiger partial charge in [-0.2, -0.15) is 0 Å². The van der Waals surface area contributed by atoms with E-state index in [0.717, 1.165) is 0 Å². The number of hydrogen-bond donors (Lipinski definition) is 0. The van der Waals surface area contributed by atoms with Crippen LogP contribution in [-0.4, -0.2) is 42.9 Å². The van der Waals surface area contributed by atoms with Gasteiger partial charge in [-0.3, -0.25) is 0 Å². The number of ether oxygens (including phenoxy) is 2. The van der Waals surface area contributed by atoms with Crippen molar-refractivity contribution < 1.29 is 14.3 Å². The average molecular weight is 239 g/mol. The maximum absolute atomic E-state index is 12.0.